The third kappa shape index (κ3) is 2.63. The summed E-state index contributed by atoms with van der Waals surface area (Å²) in [6.07, 6.45) is 0.164. The predicted molar refractivity (Wildman–Crippen MR) is 65.9 cm³/mol. The zero-order valence-corrected chi connectivity index (χ0v) is 10.7. The van der Waals surface area contributed by atoms with Gasteiger partial charge in [-0.15, -0.1) is 0 Å². The van der Waals surface area contributed by atoms with Crippen molar-refractivity contribution in [3.63, 3.8) is 0 Å². The van der Waals surface area contributed by atoms with Crippen LogP contribution in [-0.4, -0.2) is 11.1 Å². The molecule has 1 aromatic carbocycles. The summed E-state index contributed by atoms with van der Waals surface area (Å²) >= 11 is 0. The summed E-state index contributed by atoms with van der Waals surface area (Å²) in [5.41, 5.74) is 4.45. The minimum absolute atomic E-state index is 0.164. The molecular weight excluding hydrogens is 200 g/mol. The molecule has 0 atom stereocenters. The third-order valence-corrected chi connectivity index (χ3v) is 2.95. The highest BCUT2D eigenvalue weighted by Gasteiger charge is 2.27. The fourth-order valence-corrected chi connectivity index (χ4v) is 2.71. The van der Waals surface area contributed by atoms with Crippen molar-refractivity contribution in [2.75, 3.05) is 0 Å². The first kappa shape index (κ1) is 12.8. The van der Waals surface area contributed by atoms with Crippen molar-refractivity contribution in [1.29, 1.82) is 0 Å². The fourth-order valence-electron chi connectivity index (χ4n) is 2.71. The van der Waals surface area contributed by atoms with Crippen molar-refractivity contribution < 1.29 is 9.90 Å². The highest BCUT2D eigenvalue weighted by Crippen LogP contribution is 2.33. The molecule has 0 aliphatic heterocycles. The Morgan fingerprint density at radius 1 is 1.19 bits per heavy atom. The van der Waals surface area contributed by atoms with E-state index in [1.54, 1.807) is 0 Å². The Hall–Kier alpha value is -1.31. The lowest BCUT2D eigenvalue weighted by atomic mass is 9.76. The Kier molecular flexibility index (Phi) is 3.41. The monoisotopic (exact) mass is 220 g/mol. The van der Waals surface area contributed by atoms with E-state index in [1.165, 1.54) is 22.3 Å². The summed E-state index contributed by atoms with van der Waals surface area (Å²) in [7, 11) is 0. The highest BCUT2D eigenvalue weighted by atomic mass is 16.4. The van der Waals surface area contributed by atoms with Gasteiger partial charge in [0.1, 0.15) is 0 Å². The van der Waals surface area contributed by atoms with Crippen molar-refractivity contribution in [1.82, 2.24) is 0 Å². The van der Waals surface area contributed by atoms with Crippen LogP contribution in [-0.2, 0) is 10.2 Å². The Balaban J connectivity index is 3.27. The predicted octanol–water partition coefficient (Wildman–Crippen LogP) is 3.36. The molecular formula is C14H20O2. The maximum Gasteiger partial charge on any atom is 0.304 e. The van der Waals surface area contributed by atoms with Gasteiger partial charge in [-0.3, -0.25) is 4.79 Å². The number of carboxylic acid groups (broad SMARTS) is 1. The molecule has 0 bridgehead atoms. The van der Waals surface area contributed by atoms with Gasteiger partial charge in [-0.25, -0.2) is 0 Å². The Bertz CT molecular complexity index is 394. The second-order valence-electron chi connectivity index (χ2n) is 5.23. The van der Waals surface area contributed by atoms with Crippen LogP contribution >= 0.6 is 0 Å². The minimum atomic E-state index is -0.746. The second kappa shape index (κ2) is 4.28. The van der Waals surface area contributed by atoms with E-state index in [9.17, 15) is 4.79 Å². The lowest BCUT2D eigenvalue weighted by Gasteiger charge is -2.27. The molecule has 16 heavy (non-hydrogen) atoms. The summed E-state index contributed by atoms with van der Waals surface area (Å²) in [4.78, 5) is 10.9. The summed E-state index contributed by atoms with van der Waals surface area (Å²) in [6, 6.07) is 4.23. The minimum Gasteiger partial charge on any atom is -0.481 e. The quantitative estimate of drug-likeness (QED) is 0.848. The van der Waals surface area contributed by atoms with E-state index in [-0.39, 0.29) is 11.8 Å². The van der Waals surface area contributed by atoms with Crippen LogP contribution in [0.2, 0.25) is 0 Å². The molecule has 0 heterocycles. The van der Waals surface area contributed by atoms with Gasteiger partial charge in [0.25, 0.3) is 0 Å². The first-order chi connectivity index (χ1) is 7.24. The van der Waals surface area contributed by atoms with Crippen molar-refractivity contribution in [3.05, 3.63) is 34.4 Å². The van der Waals surface area contributed by atoms with Crippen LogP contribution < -0.4 is 0 Å². The molecule has 88 valence electrons. The average Bonchev–Trinajstić information content (AvgIpc) is 1.96. The van der Waals surface area contributed by atoms with Gasteiger partial charge in [0, 0.05) is 5.41 Å². The average molecular weight is 220 g/mol. The molecule has 0 spiro atoms. The number of aliphatic carboxylic acids is 1. The first-order valence-corrected chi connectivity index (χ1v) is 5.54. The summed E-state index contributed by atoms with van der Waals surface area (Å²) in [6.45, 7) is 10.2. The summed E-state index contributed by atoms with van der Waals surface area (Å²) in [5, 5.41) is 8.95. The Labute approximate surface area is 97.3 Å². The molecule has 0 saturated heterocycles. The van der Waals surface area contributed by atoms with Gasteiger partial charge >= 0.3 is 5.97 Å². The zero-order chi connectivity index (χ0) is 12.5. The maximum absolute atomic E-state index is 10.9. The van der Waals surface area contributed by atoms with E-state index in [2.05, 4.69) is 32.9 Å². The molecule has 0 amide bonds. The van der Waals surface area contributed by atoms with Gasteiger partial charge in [0.2, 0.25) is 0 Å². The van der Waals surface area contributed by atoms with Crippen LogP contribution in [0.3, 0.4) is 0 Å². The molecule has 1 N–H and O–H groups in total. The molecule has 2 nitrogen and oxygen atoms in total. The number of rotatable bonds is 3. The molecule has 0 aliphatic rings. The van der Waals surface area contributed by atoms with Gasteiger partial charge in [-0.2, -0.15) is 0 Å². The third-order valence-electron chi connectivity index (χ3n) is 2.95. The summed E-state index contributed by atoms with van der Waals surface area (Å²) in [5.74, 6) is -0.746. The number of hydrogen-bond donors (Lipinski definition) is 1. The zero-order valence-electron chi connectivity index (χ0n) is 10.7. The van der Waals surface area contributed by atoms with E-state index < -0.39 is 5.97 Å². The van der Waals surface area contributed by atoms with Crippen molar-refractivity contribution in [3.8, 4) is 0 Å². The molecule has 0 radical (unpaired) electrons. The van der Waals surface area contributed by atoms with E-state index in [0.29, 0.717) is 0 Å². The van der Waals surface area contributed by atoms with Crippen LogP contribution in [0.15, 0.2) is 12.1 Å². The van der Waals surface area contributed by atoms with Crippen LogP contribution in [0.25, 0.3) is 0 Å². The molecule has 0 aliphatic carbocycles. The lowest BCUT2D eigenvalue weighted by molar-refractivity contribution is -0.138. The van der Waals surface area contributed by atoms with E-state index >= 15 is 0 Å². The molecule has 0 fully saturated rings. The van der Waals surface area contributed by atoms with Gasteiger partial charge in [0.05, 0.1) is 6.42 Å². The molecule has 1 rings (SSSR count). The Morgan fingerprint density at radius 3 is 2.00 bits per heavy atom. The number of aryl methyl sites for hydroxylation is 3. The highest BCUT2D eigenvalue weighted by molar-refractivity contribution is 5.69. The normalized spacial score (nSPS) is 11.6. The van der Waals surface area contributed by atoms with Crippen LogP contribution in [0.4, 0.5) is 0 Å². The van der Waals surface area contributed by atoms with Gasteiger partial charge in [0.15, 0.2) is 0 Å². The van der Waals surface area contributed by atoms with E-state index in [1.807, 2.05) is 13.8 Å². The second-order valence-corrected chi connectivity index (χ2v) is 5.23. The van der Waals surface area contributed by atoms with Crippen molar-refractivity contribution >= 4 is 5.97 Å². The lowest BCUT2D eigenvalue weighted by Crippen LogP contribution is -2.24. The van der Waals surface area contributed by atoms with Gasteiger partial charge < -0.3 is 5.11 Å². The molecule has 0 saturated carbocycles. The molecule has 2 heteroatoms. The van der Waals surface area contributed by atoms with Gasteiger partial charge in [-0.05, 0) is 37.5 Å². The number of hydrogen-bond acceptors (Lipinski definition) is 1. The first-order valence-electron chi connectivity index (χ1n) is 5.54. The molecule has 1 aromatic rings. The van der Waals surface area contributed by atoms with Crippen molar-refractivity contribution in [2.45, 2.75) is 46.5 Å². The van der Waals surface area contributed by atoms with Crippen LogP contribution in [0.5, 0.6) is 0 Å². The number of carbonyl (C=O) groups is 1. The van der Waals surface area contributed by atoms with E-state index in [0.717, 1.165) is 0 Å². The van der Waals surface area contributed by atoms with Gasteiger partial charge in [-0.1, -0.05) is 31.5 Å². The topological polar surface area (TPSA) is 37.3 Å². The summed E-state index contributed by atoms with van der Waals surface area (Å²) < 4.78 is 0. The smallest absolute Gasteiger partial charge is 0.304 e. The number of carboxylic acids is 1. The van der Waals surface area contributed by atoms with Crippen molar-refractivity contribution in [2.24, 2.45) is 0 Å². The largest absolute Gasteiger partial charge is 0.481 e. The number of benzene rings is 1. The fraction of sp³-hybridized carbons (Fsp3) is 0.500. The standard InChI is InChI=1S/C14H20O2/c1-9-6-10(2)13(11(3)7-9)14(4,5)8-12(15)16/h6-7H,8H2,1-5H3,(H,15,16). The maximum atomic E-state index is 10.9. The van der Waals surface area contributed by atoms with E-state index in [4.69, 9.17) is 5.11 Å². The van der Waals surface area contributed by atoms with Crippen LogP contribution in [0, 0.1) is 20.8 Å². The SMILES string of the molecule is Cc1cc(C)c(C(C)(C)CC(=O)O)c(C)c1. The molecule has 0 unspecified atom stereocenters. The Morgan fingerprint density at radius 2 is 1.62 bits per heavy atom. The van der Waals surface area contributed by atoms with Crippen LogP contribution in [0.1, 0.15) is 42.5 Å². The molecule has 0 aromatic heterocycles.